The molecule has 1 aliphatic rings. The van der Waals surface area contributed by atoms with Crippen molar-refractivity contribution in [2.24, 2.45) is 0 Å². The summed E-state index contributed by atoms with van der Waals surface area (Å²) >= 11 is 4.88. The van der Waals surface area contributed by atoms with Crippen LogP contribution < -0.4 is 10.6 Å². The molecule has 0 atom stereocenters. The number of nitrogens with one attached hydrogen (secondary N) is 2. The molecule has 1 saturated carbocycles. The third-order valence-electron chi connectivity index (χ3n) is 3.56. The van der Waals surface area contributed by atoms with Gasteiger partial charge in [0.05, 0.1) is 5.51 Å². The lowest BCUT2D eigenvalue weighted by Crippen LogP contribution is -2.18. The van der Waals surface area contributed by atoms with Crippen LogP contribution in [-0.4, -0.2) is 16.9 Å². The first-order chi connectivity index (χ1) is 10.2. The second-order valence-electron chi connectivity index (χ2n) is 5.12. The predicted octanol–water partition coefficient (Wildman–Crippen LogP) is 4.51. The maximum atomic E-state index is 12.4. The molecule has 0 aliphatic heterocycles. The van der Waals surface area contributed by atoms with Gasteiger partial charge in [-0.05, 0) is 31.0 Å². The summed E-state index contributed by atoms with van der Waals surface area (Å²) in [7, 11) is 0. The van der Waals surface area contributed by atoms with Gasteiger partial charge in [-0.15, -0.1) is 11.3 Å². The van der Waals surface area contributed by atoms with Crippen LogP contribution >= 0.6 is 27.3 Å². The lowest BCUT2D eigenvalue weighted by Gasteiger charge is -2.12. The Morgan fingerprint density at radius 3 is 2.90 bits per heavy atom. The summed E-state index contributed by atoms with van der Waals surface area (Å²) in [6, 6.07) is 8.01. The molecule has 110 valence electrons. The second kappa shape index (κ2) is 6.58. The summed E-state index contributed by atoms with van der Waals surface area (Å²) in [6.45, 7) is 0. The molecule has 21 heavy (non-hydrogen) atoms. The molecule has 0 saturated heterocycles. The van der Waals surface area contributed by atoms with E-state index in [0.29, 0.717) is 11.7 Å². The van der Waals surface area contributed by atoms with E-state index in [1.165, 1.54) is 37.0 Å². The fourth-order valence-corrected chi connectivity index (χ4v) is 3.68. The van der Waals surface area contributed by atoms with Gasteiger partial charge in [-0.25, -0.2) is 4.98 Å². The van der Waals surface area contributed by atoms with Crippen molar-refractivity contribution in [1.29, 1.82) is 0 Å². The van der Waals surface area contributed by atoms with Gasteiger partial charge in [0.15, 0.2) is 5.69 Å². The monoisotopic (exact) mass is 365 g/mol. The number of nitrogens with zero attached hydrogens (tertiary/aromatic N) is 1. The lowest BCUT2D eigenvalue weighted by molar-refractivity contribution is 0.102. The Balaban J connectivity index is 1.71. The Labute approximate surface area is 136 Å². The van der Waals surface area contributed by atoms with Crippen molar-refractivity contribution in [3.63, 3.8) is 0 Å². The smallest absolute Gasteiger partial charge is 0.277 e. The molecule has 2 N–H and O–H groups in total. The van der Waals surface area contributed by atoms with E-state index in [1.807, 2.05) is 24.3 Å². The third-order valence-corrected chi connectivity index (χ3v) is 4.81. The first-order valence-electron chi connectivity index (χ1n) is 6.99. The van der Waals surface area contributed by atoms with Crippen molar-refractivity contribution in [2.75, 3.05) is 10.6 Å². The molecular weight excluding hydrogens is 350 g/mol. The summed E-state index contributed by atoms with van der Waals surface area (Å²) in [5.74, 6) is -0.171. The Morgan fingerprint density at radius 2 is 2.14 bits per heavy atom. The number of benzene rings is 1. The largest absolute Gasteiger partial charge is 0.372 e. The van der Waals surface area contributed by atoms with Crippen LogP contribution in [-0.2, 0) is 0 Å². The van der Waals surface area contributed by atoms with E-state index in [0.717, 1.165) is 15.2 Å². The Hall–Kier alpha value is -1.40. The Kier molecular flexibility index (Phi) is 4.55. The topological polar surface area (TPSA) is 54.0 Å². The van der Waals surface area contributed by atoms with Crippen molar-refractivity contribution in [1.82, 2.24) is 4.98 Å². The highest BCUT2D eigenvalue weighted by Crippen LogP contribution is 2.27. The Morgan fingerprint density at radius 1 is 1.33 bits per heavy atom. The molecule has 1 aromatic heterocycles. The number of hydrogen-bond donors (Lipinski definition) is 2. The van der Waals surface area contributed by atoms with Crippen LogP contribution in [0.25, 0.3) is 0 Å². The second-order valence-corrected chi connectivity index (χ2v) is 6.89. The minimum atomic E-state index is -0.171. The average molecular weight is 366 g/mol. The molecule has 1 heterocycles. The normalized spacial score (nSPS) is 15.1. The fraction of sp³-hybridized carbons (Fsp3) is 0.333. The van der Waals surface area contributed by atoms with Crippen molar-refractivity contribution in [3.05, 3.63) is 39.9 Å². The third kappa shape index (κ3) is 3.63. The van der Waals surface area contributed by atoms with Crippen LogP contribution in [0, 0.1) is 0 Å². The first-order valence-corrected chi connectivity index (χ1v) is 8.66. The van der Waals surface area contributed by atoms with E-state index in [2.05, 4.69) is 31.5 Å². The zero-order valence-electron chi connectivity index (χ0n) is 11.4. The molecular formula is C15H16BrN3OS. The van der Waals surface area contributed by atoms with E-state index >= 15 is 0 Å². The van der Waals surface area contributed by atoms with Crippen LogP contribution in [0.5, 0.6) is 0 Å². The van der Waals surface area contributed by atoms with Crippen LogP contribution in [0.2, 0.25) is 0 Å². The van der Waals surface area contributed by atoms with Gasteiger partial charge in [0, 0.05) is 16.2 Å². The maximum absolute atomic E-state index is 12.4. The number of carbonyl (C=O) groups excluding carboxylic acids is 1. The highest BCUT2D eigenvalue weighted by molar-refractivity contribution is 9.10. The van der Waals surface area contributed by atoms with Gasteiger partial charge in [0.2, 0.25) is 0 Å². The molecule has 4 nitrogen and oxygen atoms in total. The molecule has 6 heteroatoms. The number of amides is 1. The van der Waals surface area contributed by atoms with Gasteiger partial charge in [0.1, 0.15) is 5.00 Å². The number of hydrogen-bond acceptors (Lipinski definition) is 4. The van der Waals surface area contributed by atoms with Crippen LogP contribution in [0.3, 0.4) is 0 Å². The van der Waals surface area contributed by atoms with Crippen molar-refractivity contribution in [2.45, 2.75) is 31.7 Å². The molecule has 0 bridgehead atoms. The zero-order valence-corrected chi connectivity index (χ0v) is 13.8. The van der Waals surface area contributed by atoms with Gasteiger partial charge in [-0.3, -0.25) is 4.79 Å². The van der Waals surface area contributed by atoms with Gasteiger partial charge in [-0.2, -0.15) is 0 Å². The summed E-state index contributed by atoms with van der Waals surface area (Å²) in [5, 5.41) is 7.21. The number of rotatable bonds is 4. The van der Waals surface area contributed by atoms with Crippen molar-refractivity contribution in [3.8, 4) is 0 Å². The quantitative estimate of drug-likeness (QED) is 0.837. The van der Waals surface area contributed by atoms with Crippen molar-refractivity contribution >= 4 is 43.9 Å². The molecule has 1 fully saturated rings. The van der Waals surface area contributed by atoms with E-state index in [-0.39, 0.29) is 5.91 Å². The fourth-order valence-electron chi connectivity index (χ4n) is 2.52. The summed E-state index contributed by atoms with van der Waals surface area (Å²) < 4.78 is 0.933. The van der Waals surface area contributed by atoms with Gasteiger partial charge in [-0.1, -0.05) is 34.8 Å². The van der Waals surface area contributed by atoms with Gasteiger partial charge < -0.3 is 10.6 Å². The first kappa shape index (κ1) is 14.5. The lowest BCUT2D eigenvalue weighted by atomic mass is 10.2. The van der Waals surface area contributed by atoms with E-state index in [9.17, 15) is 4.79 Å². The summed E-state index contributed by atoms with van der Waals surface area (Å²) in [4.78, 5) is 16.6. The van der Waals surface area contributed by atoms with Gasteiger partial charge in [0.25, 0.3) is 5.91 Å². The molecule has 3 rings (SSSR count). The summed E-state index contributed by atoms with van der Waals surface area (Å²) in [5.41, 5.74) is 2.95. The highest BCUT2D eigenvalue weighted by Gasteiger charge is 2.20. The minimum Gasteiger partial charge on any atom is -0.372 e. The van der Waals surface area contributed by atoms with E-state index in [4.69, 9.17) is 0 Å². The molecule has 0 radical (unpaired) electrons. The zero-order chi connectivity index (χ0) is 14.7. The van der Waals surface area contributed by atoms with Crippen LogP contribution in [0.4, 0.5) is 10.7 Å². The Bertz CT molecular complexity index is 637. The summed E-state index contributed by atoms with van der Waals surface area (Å²) in [6.07, 6.45) is 4.86. The molecule has 0 unspecified atom stereocenters. The number of halogens is 1. The number of anilines is 2. The average Bonchev–Trinajstić information content (AvgIpc) is 3.10. The van der Waals surface area contributed by atoms with E-state index < -0.39 is 0 Å². The van der Waals surface area contributed by atoms with Crippen LogP contribution in [0.1, 0.15) is 36.2 Å². The molecule has 1 aromatic carbocycles. The SMILES string of the molecule is O=C(Nc1cccc(Br)c1)c1ncsc1NC1CCCC1. The minimum absolute atomic E-state index is 0.171. The van der Waals surface area contributed by atoms with Crippen molar-refractivity contribution < 1.29 is 4.79 Å². The standard InChI is InChI=1S/C15H16BrN3OS/c16-10-4-3-7-12(8-10)18-14(20)13-15(21-9-17-13)19-11-5-1-2-6-11/h3-4,7-9,11,19H,1-2,5-6H2,(H,18,20). The maximum Gasteiger partial charge on any atom is 0.277 e. The molecule has 1 amide bonds. The highest BCUT2D eigenvalue weighted by atomic mass is 79.9. The number of aromatic nitrogens is 1. The number of thiazole rings is 1. The van der Waals surface area contributed by atoms with E-state index in [1.54, 1.807) is 5.51 Å². The van der Waals surface area contributed by atoms with Gasteiger partial charge >= 0.3 is 0 Å². The molecule has 0 spiro atoms. The van der Waals surface area contributed by atoms with Crippen LogP contribution in [0.15, 0.2) is 34.2 Å². The molecule has 1 aliphatic carbocycles. The molecule has 2 aromatic rings. The number of carbonyl (C=O) groups is 1. The predicted molar refractivity (Wildman–Crippen MR) is 90.1 cm³/mol.